The van der Waals surface area contributed by atoms with Crippen molar-refractivity contribution >= 4 is 11.8 Å². The SMILES string of the molecule is CCC(=O)N1CC(=O)N2[C@@H](CO)[C@H](c3ccc(C#CC4CCCC4)cc3)[C@@H]2C1. The molecule has 28 heavy (non-hydrogen) atoms. The number of benzene rings is 1. The van der Waals surface area contributed by atoms with Crippen LogP contribution in [0.4, 0.5) is 0 Å². The van der Waals surface area contributed by atoms with E-state index in [0.29, 0.717) is 18.9 Å². The molecule has 1 aliphatic carbocycles. The highest BCUT2D eigenvalue weighted by atomic mass is 16.3. The lowest BCUT2D eigenvalue weighted by Crippen LogP contribution is -2.73. The van der Waals surface area contributed by atoms with Gasteiger partial charge in [-0.15, -0.1) is 0 Å². The summed E-state index contributed by atoms with van der Waals surface area (Å²) in [7, 11) is 0. The summed E-state index contributed by atoms with van der Waals surface area (Å²) in [5.41, 5.74) is 2.11. The molecule has 3 atom stereocenters. The van der Waals surface area contributed by atoms with Gasteiger partial charge in [0.2, 0.25) is 11.8 Å². The first-order chi connectivity index (χ1) is 13.6. The summed E-state index contributed by atoms with van der Waals surface area (Å²) in [5.74, 6) is 7.21. The molecule has 0 radical (unpaired) electrons. The fourth-order valence-electron chi connectivity index (χ4n) is 4.96. The van der Waals surface area contributed by atoms with Gasteiger partial charge in [0, 0.05) is 30.4 Å². The zero-order valence-corrected chi connectivity index (χ0v) is 16.4. The van der Waals surface area contributed by atoms with Gasteiger partial charge in [-0.3, -0.25) is 9.59 Å². The monoisotopic (exact) mass is 380 g/mol. The van der Waals surface area contributed by atoms with E-state index >= 15 is 0 Å². The summed E-state index contributed by atoms with van der Waals surface area (Å²) >= 11 is 0. The van der Waals surface area contributed by atoms with Gasteiger partial charge in [-0.05, 0) is 30.5 Å². The minimum Gasteiger partial charge on any atom is -0.394 e. The van der Waals surface area contributed by atoms with E-state index in [9.17, 15) is 14.7 Å². The third kappa shape index (κ3) is 3.42. The Morgan fingerprint density at radius 3 is 2.57 bits per heavy atom. The van der Waals surface area contributed by atoms with Gasteiger partial charge in [-0.25, -0.2) is 0 Å². The Balaban J connectivity index is 1.50. The Labute approximate surface area is 166 Å². The molecule has 2 amide bonds. The number of piperazine rings is 1. The van der Waals surface area contributed by atoms with Crippen molar-refractivity contribution in [3.8, 4) is 11.8 Å². The molecular weight excluding hydrogens is 352 g/mol. The second-order valence-electron chi connectivity index (χ2n) is 8.14. The summed E-state index contributed by atoms with van der Waals surface area (Å²) in [4.78, 5) is 28.0. The van der Waals surface area contributed by atoms with Crippen LogP contribution in [0.25, 0.3) is 0 Å². The van der Waals surface area contributed by atoms with Crippen LogP contribution in [0, 0.1) is 17.8 Å². The average Bonchev–Trinajstić information content (AvgIpc) is 3.22. The molecule has 1 N–H and O–H groups in total. The van der Waals surface area contributed by atoms with Crippen LogP contribution in [0.3, 0.4) is 0 Å². The molecule has 1 aromatic rings. The molecule has 4 rings (SSSR count). The molecule has 0 aromatic heterocycles. The highest BCUT2D eigenvalue weighted by Gasteiger charge is 2.54. The fraction of sp³-hybridized carbons (Fsp3) is 0.565. The summed E-state index contributed by atoms with van der Waals surface area (Å²) in [6, 6.07) is 7.95. The number of amides is 2. The van der Waals surface area contributed by atoms with Crippen molar-refractivity contribution in [1.29, 1.82) is 0 Å². The van der Waals surface area contributed by atoms with Gasteiger partial charge in [0.25, 0.3) is 0 Å². The van der Waals surface area contributed by atoms with Gasteiger partial charge in [0.15, 0.2) is 0 Å². The number of fused-ring (bicyclic) bond motifs is 1. The third-order valence-electron chi connectivity index (χ3n) is 6.48. The topological polar surface area (TPSA) is 60.9 Å². The van der Waals surface area contributed by atoms with Crippen LogP contribution in [0.5, 0.6) is 0 Å². The number of hydrogen-bond donors (Lipinski definition) is 1. The van der Waals surface area contributed by atoms with E-state index in [2.05, 4.69) is 24.0 Å². The Hall–Kier alpha value is -2.32. The smallest absolute Gasteiger partial charge is 0.242 e. The van der Waals surface area contributed by atoms with Gasteiger partial charge in [0.1, 0.15) is 0 Å². The van der Waals surface area contributed by atoms with Crippen molar-refractivity contribution in [3.05, 3.63) is 35.4 Å². The van der Waals surface area contributed by atoms with Crippen molar-refractivity contribution in [2.75, 3.05) is 19.7 Å². The third-order valence-corrected chi connectivity index (χ3v) is 6.48. The molecule has 2 aliphatic heterocycles. The van der Waals surface area contributed by atoms with Gasteiger partial charge in [-0.2, -0.15) is 0 Å². The molecule has 2 heterocycles. The normalized spacial score (nSPS) is 27.1. The van der Waals surface area contributed by atoms with Crippen molar-refractivity contribution in [2.45, 2.75) is 57.0 Å². The Morgan fingerprint density at radius 1 is 1.21 bits per heavy atom. The lowest BCUT2D eigenvalue weighted by molar-refractivity contribution is -0.166. The van der Waals surface area contributed by atoms with Crippen LogP contribution in [0.1, 0.15) is 56.1 Å². The minimum absolute atomic E-state index is 0.0109. The van der Waals surface area contributed by atoms with E-state index in [1.165, 1.54) is 25.7 Å². The van der Waals surface area contributed by atoms with E-state index in [4.69, 9.17) is 0 Å². The fourth-order valence-corrected chi connectivity index (χ4v) is 4.96. The first-order valence-electron chi connectivity index (χ1n) is 10.4. The molecular formula is C23H28N2O3. The van der Waals surface area contributed by atoms with E-state index in [1.54, 1.807) is 9.80 Å². The van der Waals surface area contributed by atoms with E-state index in [0.717, 1.165) is 11.1 Å². The molecule has 148 valence electrons. The number of nitrogens with zero attached hydrogens (tertiary/aromatic N) is 2. The molecule has 3 aliphatic rings. The molecule has 1 saturated carbocycles. The van der Waals surface area contributed by atoms with Crippen molar-refractivity contribution in [2.24, 2.45) is 5.92 Å². The lowest BCUT2D eigenvalue weighted by Gasteiger charge is -2.58. The first kappa shape index (κ1) is 19.0. The molecule has 2 saturated heterocycles. The van der Waals surface area contributed by atoms with Crippen LogP contribution in [0.15, 0.2) is 24.3 Å². The minimum atomic E-state index is -0.202. The van der Waals surface area contributed by atoms with E-state index in [1.807, 2.05) is 19.1 Å². The highest BCUT2D eigenvalue weighted by Crippen LogP contribution is 2.42. The second-order valence-corrected chi connectivity index (χ2v) is 8.14. The number of hydrogen-bond acceptors (Lipinski definition) is 3. The van der Waals surface area contributed by atoms with Gasteiger partial charge in [-0.1, -0.05) is 43.7 Å². The first-order valence-corrected chi connectivity index (χ1v) is 10.4. The van der Waals surface area contributed by atoms with Crippen LogP contribution < -0.4 is 0 Å². The van der Waals surface area contributed by atoms with Crippen molar-refractivity contribution < 1.29 is 14.7 Å². The number of rotatable bonds is 3. The Kier molecular flexibility index (Phi) is 5.41. The summed E-state index contributed by atoms with van der Waals surface area (Å²) in [6.07, 6.45) is 5.41. The zero-order valence-electron chi connectivity index (χ0n) is 16.4. The van der Waals surface area contributed by atoms with Gasteiger partial charge >= 0.3 is 0 Å². The maximum absolute atomic E-state index is 12.5. The quantitative estimate of drug-likeness (QED) is 0.818. The van der Waals surface area contributed by atoms with E-state index < -0.39 is 0 Å². The number of aliphatic hydroxyl groups is 1. The van der Waals surface area contributed by atoms with Gasteiger partial charge < -0.3 is 14.9 Å². The summed E-state index contributed by atoms with van der Waals surface area (Å²) in [6.45, 7) is 2.43. The molecule has 5 heteroatoms. The molecule has 0 bridgehead atoms. The van der Waals surface area contributed by atoms with E-state index in [-0.39, 0.29) is 43.0 Å². The second kappa shape index (κ2) is 7.97. The standard InChI is InChI=1S/C23H28N2O3/c1-2-21(27)24-13-19-23(20(15-26)25(19)22(28)14-24)18-11-9-17(10-12-18)8-7-16-5-3-4-6-16/h9-12,16,19-20,23,26H,2-6,13-15H2,1H3/t19-,20-,23+/m0/s1. The molecule has 1 aromatic carbocycles. The van der Waals surface area contributed by atoms with Crippen molar-refractivity contribution in [3.63, 3.8) is 0 Å². The van der Waals surface area contributed by atoms with Crippen LogP contribution in [-0.2, 0) is 9.59 Å². The number of aliphatic hydroxyl groups excluding tert-OH is 1. The number of carbonyl (C=O) groups is 2. The summed E-state index contributed by atoms with van der Waals surface area (Å²) < 4.78 is 0. The molecule has 5 nitrogen and oxygen atoms in total. The van der Waals surface area contributed by atoms with Crippen LogP contribution >= 0.6 is 0 Å². The van der Waals surface area contributed by atoms with Crippen LogP contribution in [-0.4, -0.2) is 58.5 Å². The largest absolute Gasteiger partial charge is 0.394 e. The zero-order chi connectivity index (χ0) is 19.7. The molecule has 0 unspecified atom stereocenters. The lowest BCUT2D eigenvalue weighted by atomic mass is 9.73. The van der Waals surface area contributed by atoms with Crippen molar-refractivity contribution in [1.82, 2.24) is 9.80 Å². The summed E-state index contributed by atoms with van der Waals surface area (Å²) in [5, 5.41) is 9.86. The average molecular weight is 380 g/mol. The Bertz CT molecular complexity index is 801. The molecule has 0 spiro atoms. The predicted molar refractivity (Wildman–Crippen MR) is 106 cm³/mol. The molecule has 3 fully saturated rings. The van der Waals surface area contributed by atoms with Gasteiger partial charge in [0.05, 0.1) is 25.2 Å². The maximum Gasteiger partial charge on any atom is 0.242 e. The predicted octanol–water partition coefficient (Wildman–Crippen LogP) is 2.14. The highest BCUT2D eigenvalue weighted by molar-refractivity contribution is 5.87. The Morgan fingerprint density at radius 2 is 1.93 bits per heavy atom. The maximum atomic E-state index is 12.5. The number of carbonyl (C=O) groups excluding carboxylic acids is 2. The van der Waals surface area contributed by atoms with Crippen LogP contribution in [0.2, 0.25) is 0 Å².